The number of aliphatic hydroxyl groups excluding tert-OH is 1. The van der Waals surface area contributed by atoms with Gasteiger partial charge in [0.25, 0.3) is 0 Å². The lowest BCUT2D eigenvalue weighted by atomic mass is 10.0. The molecule has 324 valence electrons. The van der Waals surface area contributed by atoms with Gasteiger partial charge in [-0.05, 0) is 80.1 Å². The average Bonchev–Trinajstić information content (AvgIpc) is 3.85. The summed E-state index contributed by atoms with van der Waals surface area (Å²) >= 11 is 0. The molecule has 2 fully saturated rings. The Labute approximate surface area is 345 Å². The molecule has 0 aliphatic carbocycles. The van der Waals surface area contributed by atoms with E-state index in [1.807, 2.05) is 32.0 Å². The van der Waals surface area contributed by atoms with Crippen molar-refractivity contribution in [2.24, 2.45) is 11.8 Å². The first-order valence-corrected chi connectivity index (χ1v) is 22.7. The predicted molar refractivity (Wildman–Crippen MR) is 215 cm³/mol. The SMILES string of the molecule is CCOC(=O)C(C)OP(=O)(COc1ccc(C[C@H](NC(=O)O[C@H]2CO[C@H]3OCC[C@H]32)[C@H](O)CN(CC(C)C)S(=O)(=O)c2ccc(OC)cc2)cc1)OCc1ccccc1. The summed E-state index contributed by atoms with van der Waals surface area (Å²) in [5.74, 6) is -0.137. The molecule has 2 unspecified atom stereocenters. The topological polar surface area (TPSA) is 195 Å². The van der Waals surface area contributed by atoms with Crippen LogP contribution in [0.1, 0.15) is 45.2 Å². The highest BCUT2D eigenvalue weighted by Gasteiger charge is 2.44. The molecule has 1 amide bonds. The number of hydrogen-bond donors (Lipinski definition) is 2. The Morgan fingerprint density at radius 1 is 0.949 bits per heavy atom. The normalized spacial score (nSPS) is 20.3. The zero-order chi connectivity index (χ0) is 42.6. The van der Waals surface area contributed by atoms with Gasteiger partial charge >= 0.3 is 19.7 Å². The number of nitrogens with one attached hydrogen (secondary N) is 1. The molecule has 3 aromatic rings. The molecule has 59 heavy (non-hydrogen) atoms. The molecular formula is C41H55N2O14PS. The molecule has 0 bridgehead atoms. The molecule has 2 saturated heterocycles. The summed E-state index contributed by atoms with van der Waals surface area (Å²) in [6, 6.07) is 20.6. The number of hydrogen-bond acceptors (Lipinski definition) is 14. The number of benzene rings is 3. The molecular weight excluding hydrogens is 807 g/mol. The van der Waals surface area contributed by atoms with Crippen molar-refractivity contribution >= 4 is 29.7 Å². The number of fused-ring (bicyclic) bond motifs is 1. The first-order chi connectivity index (χ1) is 28.2. The van der Waals surface area contributed by atoms with E-state index in [-0.39, 0.29) is 61.8 Å². The summed E-state index contributed by atoms with van der Waals surface area (Å²) in [5, 5.41) is 14.5. The van der Waals surface area contributed by atoms with Crippen molar-refractivity contribution in [3.8, 4) is 11.5 Å². The van der Waals surface area contributed by atoms with Crippen LogP contribution in [0.2, 0.25) is 0 Å². The van der Waals surface area contributed by atoms with E-state index in [1.54, 1.807) is 55.5 Å². The number of alkyl carbamates (subject to hydrolysis) is 1. The smallest absolute Gasteiger partial charge is 0.407 e. The number of rotatable bonds is 22. The third-order valence-electron chi connectivity index (χ3n) is 9.64. The number of carbonyl (C=O) groups excluding carboxylic acids is 2. The zero-order valence-electron chi connectivity index (χ0n) is 34.0. The van der Waals surface area contributed by atoms with Gasteiger partial charge < -0.3 is 43.4 Å². The van der Waals surface area contributed by atoms with E-state index in [1.165, 1.54) is 30.5 Å². The van der Waals surface area contributed by atoms with Crippen LogP contribution >= 0.6 is 7.60 Å². The molecule has 3 aromatic carbocycles. The van der Waals surface area contributed by atoms with E-state index in [9.17, 15) is 27.7 Å². The second-order valence-corrected chi connectivity index (χ2v) is 18.6. The summed E-state index contributed by atoms with van der Waals surface area (Å²) in [6.07, 6.45) is -4.18. The van der Waals surface area contributed by atoms with Gasteiger partial charge in [-0.15, -0.1) is 0 Å². The molecule has 0 saturated carbocycles. The van der Waals surface area contributed by atoms with Crippen LogP contribution in [0.3, 0.4) is 0 Å². The zero-order valence-corrected chi connectivity index (χ0v) is 35.7. The minimum Gasteiger partial charge on any atom is -0.497 e. The summed E-state index contributed by atoms with van der Waals surface area (Å²) in [5.41, 5.74) is 1.37. The van der Waals surface area contributed by atoms with Crippen LogP contribution < -0.4 is 14.8 Å². The van der Waals surface area contributed by atoms with Crippen LogP contribution in [0.4, 0.5) is 4.79 Å². The average molecular weight is 863 g/mol. The number of carbonyl (C=O) groups is 2. The molecule has 0 aromatic heterocycles. The monoisotopic (exact) mass is 862 g/mol. The van der Waals surface area contributed by atoms with Crippen molar-refractivity contribution in [2.45, 2.75) is 82.7 Å². The van der Waals surface area contributed by atoms with E-state index in [2.05, 4.69) is 5.32 Å². The number of esters is 1. The number of nitrogens with zero attached hydrogens (tertiary/aromatic N) is 1. The molecule has 18 heteroatoms. The second kappa shape index (κ2) is 21.5. The standard InChI is InChI=1S/C41H55N2O14PS/c1-6-51-39(45)29(4)57-58(47,55-25-31-10-8-7-9-11-31)27-54-33-14-12-30(13-15-33)22-36(42-41(46)56-38-26-53-40-35(38)20-21-52-40)37(44)24-43(23-28(2)3)59(48,49)34-18-16-32(50-5)17-19-34/h7-19,28-29,35-38,40,44H,6,20-27H2,1-5H3,(H,42,46)/t29?,35-,36-,37+,38-,40+,58?/m0/s1. The number of aliphatic hydroxyl groups is 1. The van der Waals surface area contributed by atoms with Gasteiger partial charge in [0, 0.05) is 13.1 Å². The maximum Gasteiger partial charge on any atom is 0.407 e. The minimum atomic E-state index is -4.08. The van der Waals surface area contributed by atoms with E-state index in [0.29, 0.717) is 24.3 Å². The molecule has 0 radical (unpaired) electrons. The van der Waals surface area contributed by atoms with Gasteiger partial charge in [0.1, 0.15) is 17.6 Å². The molecule has 2 aliphatic rings. The second-order valence-electron chi connectivity index (χ2n) is 14.7. The predicted octanol–water partition coefficient (Wildman–Crippen LogP) is 5.52. The first kappa shape index (κ1) is 46.0. The summed E-state index contributed by atoms with van der Waals surface area (Å²) < 4.78 is 87.2. The van der Waals surface area contributed by atoms with Crippen LogP contribution in [-0.2, 0) is 60.4 Å². The van der Waals surface area contributed by atoms with Crippen LogP contribution in [-0.4, -0.2) is 107 Å². The van der Waals surface area contributed by atoms with E-state index in [4.69, 9.17) is 37.5 Å². The van der Waals surface area contributed by atoms with Crippen molar-refractivity contribution < 1.29 is 65.1 Å². The van der Waals surface area contributed by atoms with Crippen LogP contribution in [0.25, 0.3) is 0 Å². The molecule has 16 nitrogen and oxygen atoms in total. The molecule has 2 N–H and O–H groups in total. The lowest BCUT2D eigenvalue weighted by Crippen LogP contribution is -2.51. The first-order valence-electron chi connectivity index (χ1n) is 19.6. The number of amides is 1. The van der Waals surface area contributed by atoms with Gasteiger partial charge in [-0.2, -0.15) is 4.31 Å². The van der Waals surface area contributed by atoms with Gasteiger partial charge in [-0.25, -0.2) is 18.0 Å². The highest BCUT2D eigenvalue weighted by atomic mass is 32.2. The fraction of sp³-hybridized carbons (Fsp3) is 0.512. The van der Waals surface area contributed by atoms with Crippen molar-refractivity contribution in [1.82, 2.24) is 9.62 Å². The quantitative estimate of drug-likeness (QED) is 0.0948. The molecule has 0 spiro atoms. The Balaban J connectivity index is 1.31. The third-order valence-corrected chi connectivity index (χ3v) is 13.1. The molecule has 7 atom stereocenters. The van der Waals surface area contributed by atoms with E-state index < -0.39 is 66.7 Å². The molecule has 5 rings (SSSR count). The van der Waals surface area contributed by atoms with Crippen molar-refractivity contribution in [2.75, 3.05) is 46.4 Å². The van der Waals surface area contributed by atoms with Gasteiger partial charge in [-0.3, -0.25) is 9.09 Å². The maximum absolute atomic E-state index is 13.9. The van der Waals surface area contributed by atoms with Crippen molar-refractivity contribution in [1.29, 1.82) is 0 Å². The van der Waals surface area contributed by atoms with Crippen LogP contribution in [0.15, 0.2) is 83.8 Å². The maximum atomic E-state index is 13.9. The van der Waals surface area contributed by atoms with Gasteiger partial charge in [0.05, 0.1) is 56.5 Å². The summed E-state index contributed by atoms with van der Waals surface area (Å²) in [4.78, 5) is 25.7. The third kappa shape index (κ3) is 13.2. The number of ether oxygens (including phenoxy) is 6. The molecule has 2 aliphatic heterocycles. The van der Waals surface area contributed by atoms with Gasteiger partial charge in [-0.1, -0.05) is 56.3 Å². The minimum absolute atomic E-state index is 0.0241. The fourth-order valence-corrected chi connectivity index (χ4v) is 9.62. The summed E-state index contributed by atoms with van der Waals surface area (Å²) in [6.45, 7) is 7.26. The number of sulfonamides is 1. The Hall–Kier alpha value is -4.06. The number of methoxy groups -OCH3 is 1. The fourth-order valence-electron chi connectivity index (χ4n) is 6.58. The van der Waals surface area contributed by atoms with Gasteiger partial charge in [0.15, 0.2) is 18.7 Å². The largest absolute Gasteiger partial charge is 0.497 e. The molecule has 2 heterocycles. The highest BCUT2D eigenvalue weighted by molar-refractivity contribution is 7.89. The van der Waals surface area contributed by atoms with Crippen LogP contribution in [0.5, 0.6) is 11.5 Å². The Morgan fingerprint density at radius 2 is 1.64 bits per heavy atom. The van der Waals surface area contributed by atoms with Crippen LogP contribution in [0, 0.1) is 11.8 Å². The Bertz CT molecular complexity index is 1950. The van der Waals surface area contributed by atoms with E-state index in [0.717, 1.165) is 5.56 Å². The highest BCUT2D eigenvalue weighted by Crippen LogP contribution is 2.50. The van der Waals surface area contributed by atoms with Gasteiger partial charge in [0.2, 0.25) is 10.0 Å². The lowest BCUT2D eigenvalue weighted by Gasteiger charge is -2.31. The van der Waals surface area contributed by atoms with E-state index >= 15 is 0 Å². The van der Waals surface area contributed by atoms with Crippen molar-refractivity contribution in [3.05, 3.63) is 90.0 Å². The Kier molecular flexibility index (Phi) is 16.7. The lowest BCUT2D eigenvalue weighted by molar-refractivity contribution is -0.151. The van der Waals surface area contributed by atoms with Crippen molar-refractivity contribution in [3.63, 3.8) is 0 Å². The summed E-state index contributed by atoms with van der Waals surface area (Å²) in [7, 11) is -6.62. The Morgan fingerprint density at radius 3 is 2.31 bits per heavy atom.